The summed E-state index contributed by atoms with van der Waals surface area (Å²) in [4.78, 5) is 23.2. The lowest BCUT2D eigenvalue weighted by Gasteiger charge is -2.35. The Hall–Kier alpha value is -2.08. The number of rotatable bonds is 6. The lowest BCUT2D eigenvalue weighted by atomic mass is 9.89. The predicted octanol–water partition coefficient (Wildman–Crippen LogP) is 1.68. The smallest absolute Gasteiger partial charge is 0.330 e. The van der Waals surface area contributed by atoms with Crippen LogP contribution in [0.25, 0.3) is 0 Å². The summed E-state index contributed by atoms with van der Waals surface area (Å²) in [6.45, 7) is 2.60. The average Bonchev–Trinajstić information content (AvgIpc) is 2.43. The minimum Gasteiger partial charge on any atom is -0.479 e. The fourth-order valence-corrected chi connectivity index (χ4v) is 2.35. The summed E-state index contributed by atoms with van der Waals surface area (Å²) < 4.78 is 5.41. The van der Waals surface area contributed by atoms with Crippen LogP contribution in [0, 0.1) is 0 Å². The van der Waals surface area contributed by atoms with Crippen molar-refractivity contribution >= 4 is 12.0 Å². The molecule has 1 aliphatic carbocycles. The molecule has 114 valence electrons. The van der Waals surface area contributed by atoms with Gasteiger partial charge in [0.25, 0.3) is 0 Å². The van der Waals surface area contributed by atoms with Gasteiger partial charge in [-0.05, 0) is 25.3 Å². The first-order chi connectivity index (χ1) is 10.1. The molecule has 0 bridgehead atoms. The van der Waals surface area contributed by atoms with Crippen molar-refractivity contribution in [2.24, 2.45) is 0 Å². The van der Waals surface area contributed by atoms with Crippen LogP contribution >= 0.6 is 0 Å². The van der Waals surface area contributed by atoms with Crippen molar-refractivity contribution in [3.8, 4) is 0 Å². The van der Waals surface area contributed by atoms with Gasteiger partial charge in [0.05, 0.1) is 6.10 Å². The van der Waals surface area contributed by atoms with Gasteiger partial charge in [0, 0.05) is 12.6 Å². The molecule has 1 aliphatic rings. The number of urea groups is 1. The molecule has 0 aliphatic heterocycles. The molecule has 1 aromatic rings. The van der Waals surface area contributed by atoms with Gasteiger partial charge in [-0.2, -0.15) is 0 Å². The summed E-state index contributed by atoms with van der Waals surface area (Å²) in [5, 5.41) is 14.5. The van der Waals surface area contributed by atoms with Crippen LogP contribution < -0.4 is 10.6 Å². The number of hydrogen-bond donors (Lipinski definition) is 3. The van der Waals surface area contributed by atoms with Crippen LogP contribution in [0.4, 0.5) is 4.79 Å². The first-order valence-electron chi connectivity index (χ1n) is 7.06. The topological polar surface area (TPSA) is 87.7 Å². The molecule has 0 spiro atoms. The van der Waals surface area contributed by atoms with Gasteiger partial charge in [0.15, 0.2) is 6.04 Å². The van der Waals surface area contributed by atoms with E-state index in [0.29, 0.717) is 12.2 Å². The Bertz CT molecular complexity index is 486. The first-order valence-corrected chi connectivity index (χ1v) is 7.06. The lowest BCUT2D eigenvalue weighted by molar-refractivity contribution is -0.139. The van der Waals surface area contributed by atoms with Crippen LogP contribution in [0.5, 0.6) is 0 Å². The molecule has 2 rings (SSSR count). The molecule has 1 saturated carbocycles. The molecule has 1 aromatic carbocycles. The highest BCUT2D eigenvalue weighted by atomic mass is 16.5. The highest BCUT2D eigenvalue weighted by Crippen LogP contribution is 2.23. The molecule has 21 heavy (non-hydrogen) atoms. The van der Waals surface area contributed by atoms with Crippen LogP contribution in [-0.2, 0) is 9.53 Å². The van der Waals surface area contributed by atoms with Crippen molar-refractivity contribution in [3.63, 3.8) is 0 Å². The van der Waals surface area contributed by atoms with Crippen LogP contribution in [0.15, 0.2) is 30.3 Å². The third-order valence-electron chi connectivity index (χ3n) is 3.49. The number of carbonyl (C=O) groups excluding carboxylic acids is 1. The van der Waals surface area contributed by atoms with E-state index in [-0.39, 0.29) is 12.1 Å². The van der Waals surface area contributed by atoms with Gasteiger partial charge in [-0.15, -0.1) is 0 Å². The van der Waals surface area contributed by atoms with Crippen molar-refractivity contribution < 1.29 is 19.4 Å². The summed E-state index contributed by atoms with van der Waals surface area (Å²) in [5.74, 6) is -1.09. The monoisotopic (exact) mass is 292 g/mol. The normalized spacial score (nSPS) is 22.0. The Labute approximate surface area is 123 Å². The minimum atomic E-state index is -1.09. The Morgan fingerprint density at radius 1 is 1.33 bits per heavy atom. The lowest BCUT2D eigenvalue weighted by Crippen LogP contribution is -2.52. The van der Waals surface area contributed by atoms with Gasteiger partial charge in [-0.3, -0.25) is 0 Å². The molecular weight excluding hydrogens is 272 g/mol. The molecule has 0 saturated heterocycles. The maximum Gasteiger partial charge on any atom is 0.330 e. The van der Waals surface area contributed by atoms with Gasteiger partial charge in [0.1, 0.15) is 0 Å². The number of aliphatic carboxylic acids is 1. The Balaban J connectivity index is 1.84. The second-order valence-electron chi connectivity index (χ2n) is 5.05. The van der Waals surface area contributed by atoms with Gasteiger partial charge in [-0.1, -0.05) is 30.3 Å². The van der Waals surface area contributed by atoms with E-state index < -0.39 is 18.0 Å². The van der Waals surface area contributed by atoms with E-state index in [9.17, 15) is 14.7 Å². The van der Waals surface area contributed by atoms with Crippen LogP contribution in [0.3, 0.4) is 0 Å². The maximum atomic E-state index is 11.9. The van der Waals surface area contributed by atoms with Crippen LogP contribution in [-0.4, -0.2) is 35.9 Å². The molecule has 2 amide bonds. The van der Waals surface area contributed by atoms with E-state index >= 15 is 0 Å². The zero-order chi connectivity index (χ0) is 15.2. The summed E-state index contributed by atoms with van der Waals surface area (Å²) in [6.07, 6.45) is 1.74. The van der Waals surface area contributed by atoms with Crippen molar-refractivity contribution in [1.82, 2.24) is 10.6 Å². The zero-order valence-corrected chi connectivity index (χ0v) is 11.9. The number of benzene rings is 1. The predicted molar refractivity (Wildman–Crippen MR) is 76.9 cm³/mol. The zero-order valence-electron chi connectivity index (χ0n) is 11.9. The maximum absolute atomic E-state index is 11.9. The summed E-state index contributed by atoms with van der Waals surface area (Å²) in [5.41, 5.74) is 0.543. The quantitative estimate of drug-likeness (QED) is 0.744. The Kier molecular flexibility index (Phi) is 5.16. The number of nitrogens with one attached hydrogen (secondary N) is 2. The highest BCUT2D eigenvalue weighted by Gasteiger charge is 2.31. The number of carbonyl (C=O) groups is 2. The van der Waals surface area contributed by atoms with E-state index in [1.165, 1.54) is 0 Å². The molecule has 0 unspecified atom stereocenters. The van der Waals surface area contributed by atoms with E-state index in [2.05, 4.69) is 10.6 Å². The largest absolute Gasteiger partial charge is 0.479 e. The van der Waals surface area contributed by atoms with Gasteiger partial charge < -0.3 is 20.5 Å². The van der Waals surface area contributed by atoms with Gasteiger partial charge >= 0.3 is 12.0 Å². The summed E-state index contributed by atoms with van der Waals surface area (Å²) >= 11 is 0. The van der Waals surface area contributed by atoms with Crippen molar-refractivity contribution in [2.45, 2.75) is 38.0 Å². The molecule has 1 atom stereocenters. The molecule has 3 N–H and O–H groups in total. The number of carboxylic acid groups (broad SMARTS) is 1. The SMILES string of the molecule is CCOC1CC(NC(=O)N[C@H](C(=O)O)c2ccccc2)C1. The molecule has 0 heterocycles. The number of carboxylic acids is 1. The summed E-state index contributed by atoms with van der Waals surface area (Å²) in [7, 11) is 0. The first kappa shape index (κ1) is 15.3. The highest BCUT2D eigenvalue weighted by molar-refractivity contribution is 5.83. The van der Waals surface area contributed by atoms with Crippen LogP contribution in [0.1, 0.15) is 31.4 Å². The number of amides is 2. The van der Waals surface area contributed by atoms with Gasteiger partial charge in [-0.25, -0.2) is 9.59 Å². The molecule has 0 aromatic heterocycles. The van der Waals surface area contributed by atoms with E-state index in [1.54, 1.807) is 30.3 Å². The molecule has 1 fully saturated rings. The standard InChI is InChI=1S/C15H20N2O4/c1-2-21-12-8-11(9-12)16-15(20)17-13(14(18)19)10-6-4-3-5-7-10/h3-7,11-13H,2,8-9H2,1H3,(H,18,19)(H2,16,17,20)/t11?,12?,13-/m0/s1. The van der Waals surface area contributed by atoms with Crippen molar-refractivity contribution in [3.05, 3.63) is 35.9 Å². The molecule has 0 radical (unpaired) electrons. The fraction of sp³-hybridized carbons (Fsp3) is 0.467. The Morgan fingerprint density at radius 3 is 2.57 bits per heavy atom. The average molecular weight is 292 g/mol. The number of hydrogen-bond acceptors (Lipinski definition) is 3. The molecule has 6 heteroatoms. The van der Waals surface area contributed by atoms with E-state index in [1.807, 2.05) is 6.92 Å². The van der Waals surface area contributed by atoms with E-state index in [4.69, 9.17) is 4.74 Å². The minimum absolute atomic E-state index is 0.0479. The second kappa shape index (κ2) is 7.08. The fourth-order valence-electron chi connectivity index (χ4n) is 2.35. The third-order valence-corrected chi connectivity index (χ3v) is 3.49. The van der Waals surface area contributed by atoms with Crippen LogP contribution in [0.2, 0.25) is 0 Å². The molecular formula is C15H20N2O4. The van der Waals surface area contributed by atoms with Crippen molar-refractivity contribution in [2.75, 3.05) is 6.61 Å². The van der Waals surface area contributed by atoms with Gasteiger partial charge in [0.2, 0.25) is 0 Å². The summed E-state index contributed by atoms with van der Waals surface area (Å²) in [6, 6.07) is 7.16. The third kappa shape index (κ3) is 4.19. The van der Waals surface area contributed by atoms with E-state index in [0.717, 1.165) is 12.8 Å². The van der Waals surface area contributed by atoms with Crippen molar-refractivity contribution in [1.29, 1.82) is 0 Å². The second-order valence-corrected chi connectivity index (χ2v) is 5.05. The Morgan fingerprint density at radius 2 is 2.00 bits per heavy atom. The number of ether oxygens (including phenoxy) is 1. The molecule has 6 nitrogen and oxygen atoms in total.